The number of aryl methyl sites for hydroxylation is 2. The van der Waals surface area contributed by atoms with Crippen molar-refractivity contribution < 1.29 is 13.1 Å². The van der Waals surface area contributed by atoms with Crippen LogP contribution in [0.1, 0.15) is 73.3 Å². The van der Waals surface area contributed by atoms with Crippen LogP contribution in [-0.4, -0.2) is 21.6 Å². The molecule has 0 atom stereocenters. The van der Waals surface area contributed by atoms with Crippen LogP contribution in [0.3, 0.4) is 0 Å². The molecule has 5 heteroatoms. The Hall–Kier alpha value is -2.43. The molecule has 2 nitrogen and oxygen atoms in total. The molecule has 1 aromatic carbocycles. The van der Waals surface area contributed by atoms with E-state index in [2.05, 4.69) is 32.0 Å². The first kappa shape index (κ1) is 20.8. The van der Waals surface area contributed by atoms with Crippen LogP contribution >= 0.6 is 0 Å². The summed E-state index contributed by atoms with van der Waals surface area (Å²) in [5.74, 6) is 0. The second kappa shape index (κ2) is 6.80. The molecule has 30 heavy (non-hydrogen) atoms. The van der Waals surface area contributed by atoms with Gasteiger partial charge in [0.1, 0.15) is 5.71 Å². The fourth-order valence-corrected chi connectivity index (χ4v) is 5.65. The zero-order valence-electron chi connectivity index (χ0n) is 19.4. The van der Waals surface area contributed by atoms with E-state index in [1.165, 1.54) is 20.1 Å². The molecule has 0 radical (unpaired) electrons. The first-order chi connectivity index (χ1) is 14.1. The predicted octanol–water partition coefficient (Wildman–Crippen LogP) is 6.49. The largest absolute Gasteiger partial charge is 0.737 e. The van der Waals surface area contributed by atoms with Gasteiger partial charge in [-0.1, -0.05) is 32.0 Å². The molecule has 2 aliphatic rings. The van der Waals surface area contributed by atoms with Crippen molar-refractivity contribution in [2.45, 2.75) is 68.2 Å². The van der Waals surface area contributed by atoms with Crippen molar-refractivity contribution in [2.24, 2.45) is 0 Å². The molecular weight excluding hydrogens is 377 g/mol. The number of halogens is 2. The Morgan fingerprint density at radius 2 is 1.60 bits per heavy atom. The summed E-state index contributed by atoms with van der Waals surface area (Å²) < 4.78 is 35.0. The van der Waals surface area contributed by atoms with Crippen LogP contribution in [0.2, 0.25) is 0 Å². The molecule has 2 aromatic rings. The van der Waals surface area contributed by atoms with E-state index in [1.54, 1.807) is 0 Å². The third-order valence-corrected chi connectivity index (χ3v) is 7.29. The van der Waals surface area contributed by atoms with Gasteiger partial charge >= 0.3 is 6.97 Å². The molecule has 0 fully saturated rings. The lowest BCUT2D eigenvalue weighted by Gasteiger charge is -2.34. The molecule has 0 bridgehead atoms. The van der Waals surface area contributed by atoms with Crippen molar-refractivity contribution in [2.75, 3.05) is 0 Å². The minimum atomic E-state index is -3.96. The minimum absolute atomic E-state index is 0.686. The van der Waals surface area contributed by atoms with Crippen LogP contribution in [0, 0.1) is 27.7 Å². The highest BCUT2D eigenvalue weighted by Crippen LogP contribution is 2.47. The molecule has 0 saturated carbocycles. The lowest BCUT2D eigenvalue weighted by atomic mass is 9.83. The standard InChI is InChI=1S/C25H31BF2N2/c1-9-21-16(5)24-23(20-12-11-14(3)15(4)13-20)25-17(6)22(10-2)19(8)30(25)26(27,28)29(24)18(21)7/h11-13H,9-10H2,1-8H3. The minimum Gasteiger partial charge on any atom is -0.393 e. The van der Waals surface area contributed by atoms with Crippen molar-refractivity contribution in [1.82, 2.24) is 4.48 Å². The second-order valence-corrected chi connectivity index (χ2v) is 8.78. The normalized spacial score (nSPS) is 17.8. The molecule has 0 N–H and O–H groups in total. The van der Waals surface area contributed by atoms with Gasteiger partial charge in [-0.15, -0.1) is 0 Å². The lowest BCUT2D eigenvalue weighted by Crippen LogP contribution is -2.51. The van der Waals surface area contributed by atoms with Crippen LogP contribution in [0.15, 0.2) is 35.0 Å². The summed E-state index contributed by atoms with van der Waals surface area (Å²) >= 11 is 0. The van der Waals surface area contributed by atoms with Crippen molar-refractivity contribution in [1.29, 1.82) is 0 Å². The summed E-state index contributed by atoms with van der Waals surface area (Å²) in [5, 5.41) is 0. The zero-order valence-corrected chi connectivity index (χ0v) is 19.4. The third kappa shape index (κ3) is 2.50. The first-order valence-corrected chi connectivity index (χ1v) is 11.0. The first-order valence-electron chi connectivity index (χ1n) is 11.0. The van der Waals surface area contributed by atoms with Crippen molar-refractivity contribution in [3.8, 4) is 0 Å². The molecular formula is C25H31BF2N2. The maximum Gasteiger partial charge on any atom is 0.737 e. The number of hydrogen-bond acceptors (Lipinski definition) is 0. The fourth-order valence-electron chi connectivity index (χ4n) is 5.65. The number of fused-ring (bicyclic) bond motifs is 2. The van der Waals surface area contributed by atoms with Gasteiger partial charge in [0.2, 0.25) is 0 Å². The van der Waals surface area contributed by atoms with E-state index >= 15 is 8.63 Å². The quantitative estimate of drug-likeness (QED) is 0.513. The fraction of sp³-hybridized carbons (Fsp3) is 0.400. The van der Waals surface area contributed by atoms with E-state index in [9.17, 15) is 0 Å². The second-order valence-electron chi connectivity index (χ2n) is 8.78. The molecule has 4 rings (SSSR count). The Kier molecular flexibility index (Phi) is 4.72. The maximum absolute atomic E-state index is 16.2. The molecule has 3 heterocycles. The summed E-state index contributed by atoms with van der Waals surface area (Å²) in [5.41, 5.74) is 11.1. The Bertz CT molecular complexity index is 1190. The Balaban J connectivity index is 2.23. The van der Waals surface area contributed by atoms with Crippen LogP contribution in [0.25, 0.3) is 5.57 Å². The van der Waals surface area contributed by atoms with Gasteiger partial charge in [-0.2, -0.15) is 0 Å². The summed E-state index contributed by atoms with van der Waals surface area (Å²) in [6.45, 7) is 12.0. The van der Waals surface area contributed by atoms with Gasteiger partial charge in [0, 0.05) is 23.8 Å². The Morgan fingerprint density at radius 3 is 2.17 bits per heavy atom. The molecule has 2 aliphatic heterocycles. The molecule has 1 aromatic heterocycles. The Labute approximate surface area is 178 Å². The van der Waals surface area contributed by atoms with E-state index in [0.29, 0.717) is 22.8 Å². The van der Waals surface area contributed by atoms with E-state index in [4.69, 9.17) is 0 Å². The highest BCUT2D eigenvalue weighted by molar-refractivity contribution is 6.58. The van der Waals surface area contributed by atoms with Crippen molar-refractivity contribution >= 4 is 18.3 Å². The van der Waals surface area contributed by atoms with E-state index in [1.807, 2.05) is 41.5 Å². The molecule has 0 aliphatic carbocycles. The summed E-state index contributed by atoms with van der Waals surface area (Å²) in [6, 6.07) is 6.34. The van der Waals surface area contributed by atoms with Gasteiger partial charge in [0.25, 0.3) is 0 Å². The number of benzene rings is 1. The van der Waals surface area contributed by atoms with Crippen molar-refractivity contribution in [3.63, 3.8) is 0 Å². The van der Waals surface area contributed by atoms with Gasteiger partial charge in [-0.05, 0) is 81.0 Å². The summed E-state index contributed by atoms with van der Waals surface area (Å²) in [4.78, 5) is 0. The smallest absolute Gasteiger partial charge is 0.393 e. The number of rotatable bonds is 3. The molecule has 0 amide bonds. The summed E-state index contributed by atoms with van der Waals surface area (Å²) in [6.07, 6.45) is 1.49. The highest BCUT2D eigenvalue weighted by atomic mass is 19.2. The van der Waals surface area contributed by atoms with Gasteiger partial charge < -0.3 is 17.6 Å². The number of nitrogens with zero attached hydrogens (tertiary/aromatic N) is 2. The average molecular weight is 408 g/mol. The van der Waals surface area contributed by atoms with Crippen LogP contribution < -0.4 is 0 Å². The van der Waals surface area contributed by atoms with Crippen LogP contribution in [0.4, 0.5) is 8.63 Å². The third-order valence-electron chi connectivity index (χ3n) is 7.29. The molecule has 158 valence electrons. The lowest BCUT2D eigenvalue weighted by molar-refractivity contribution is -0.363. The topological polar surface area (TPSA) is 7.94 Å². The van der Waals surface area contributed by atoms with Crippen LogP contribution in [-0.2, 0) is 6.42 Å². The van der Waals surface area contributed by atoms with Gasteiger partial charge in [0.05, 0.1) is 5.57 Å². The molecule has 0 saturated heterocycles. The zero-order chi connectivity index (χ0) is 22.1. The SMILES string of the molecule is CCC1=C(C)C2=C(c3ccc(C)c(C)c3)c3c(C)c(CC)c(C)n3[B-](F)(F)[N+]2=C1C. The highest BCUT2D eigenvalue weighted by Gasteiger charge is 2.56. The predicted molar refractivity (Wildman–Crippen MR) is 123 cm³/mol. The van der Waals surface area contributed by atoms with E-state index in [0.717, 1.165) is 46.3 Å². The summed E-state index contributed by atoms with van der Waals surface area (Å²) in [7, 11) is 0. The van der Waals surface area contributed by atoms with Gasteiger partial charge in [-0.25, -0.2) is 0 Å². The van der Waals surface area contributed by atoms with E-state index < -0.39 is 6.97 Å². The number of hydrogen-bond donors (Lipinski definition) is 0. The van der Waals surface area contributed by atoms with Gasteiger partial charge in [0.15, 0.2) is 5.70 Å². The van der Waals surface area contributed by atoms with Gasteiger partial charge in [-0.3, -0.25) is 0 Å². The van der Waals surface area contributed by atoms with Crippen molar-refractivity contribution in [3.05, 3.63) is 74.2 Å². The number of aromatic nitrogens is 1. The molecule has 0 spiro atoms. The maximum atomic E-state index is 16.2. The van der Waals surface area contributed by atoms with Crippen LogP contribution in [0.5, 0.6) is 0 Å². The Morgan fingerprint density at radius 1 is 0.933 bits per heavy atom. The van der Waals surface area contributed by atoms with E-state index in [-0.39, 0.29) is 0 Å². The number of allylic oxidation sites excluding steroid dienone is 2. The monoisotopic (exact) mass is 408 g/mol. The molecule has 0 unspecified atom stereocenters. The average Bonchev–Trinajstić information content (AvgIpc) is 3.09.